The normalized spacial score (nSPS) is 18.0. The van der Waals surface area contributed by atoms with Crippen molar-refractivity contribution in [3.05, 3.63) is 52.5 Å². The molecule has 0 saturated carbocycles. The lowest BCUT2D eigenvalue weighted by atomic mass is 9.99. The van der Waals surface area contributed by atoms with Crippen LogP contribution in [0.2, 0.25) is 0 Å². The number of rotatable bonds is 6. The number of hydrogen-bond donors (Lipinski definition) is 1. The SMILES string of the molecule is Cc1ccc(CCNc2ncnc(C(=O)N3CCC(N4CCCCC4)CC3)c2C)cc1C. The number of aromatic nitrogens is 2. The van der Waals surface area contributed by atoms with Gasteiger partial charge in [-0.25, -0.2) is 9.97 Å². The number of amides is 1. The molecule has 172 valence electrons. The van der Waals surface area contributed by atoms with Crippen LogP contribution in [0.1, 0.15) is 64.8 Å². The third-order valence-corrected chi connectivity index (χ3v) is 7.22. The van der Waals surface area contributed by atoms with Crippen LogP contribution in [0.5, 0.6) is 0 Å². The summed E-state index contributed by atoms with van der Waals surface area (Å²) in [6.45, 7) is 11.1. The first-order valence-corrected chi connectivity index (χ1v) is 12.2. The lowest BCUT2D eigenvalue weighted by molar-refractivity contribution is 0.0584. The first-order valence-electron chi connectivity index (χ1n) is 12.2. The Morgan fingerprint density at radius 1 is 1.00 bits per heavy atom. The number of nitrogens with zero attached hydrogens (tertiary/aromatic N) is 4. The van der Waals surface area contributed by atoms with Crippen molar-refractivity contribution in [2.45, 2.75) is 65.3 Å². The van der Waals surface area contributed by atoms with Crippen LogP contribution in [-0.4, -0.2) is 64.4 Å². The summed E-state index contributed by atoms with van der Waals surface area (Å²) in [5.74, 6) is 0.801. The van der Waals surface area contributed by atoms with E-state index in [1.54, 1.807) is 0 Å². The molecule has 2 aromatic rings. The zero-order valence-electron chi connectivity index (χ0n) is 19.9. The van der Waals surface area contributed by atoms with E-state index in [1.807, 2.05) is 11.8 Å². The smallest absolute Gasteiger partial charge is 0.272 e. The third kappa shape index (κ3) is 5.29. The first-order chi connectivity index (χ1) is 15.5. The van der Waals surface area contributed by atoms with Crippen molar-refractivity contribution in [3.63, 3.8) is 0 Å². The van der Waals surface area contributed by atoms with Gasteiger partial charge in [0.25, 0.3) is 5.91 Å². The van der Waals surface area contributed by atoms with E-state index < -0.39 is 0 Å². The lowest BCUT2D eigenvalue weighted by Crippen LogP contribution is -2.48. The molecule has 1 N–H and O–H groups in total. The third-order valence-electron chi connectivity index (χ3n) is 7.22. The molecule has 0 atom stereocenters. The van der Waals surface area contributed by atoms with Gasteiger partial charge in [0.05, 0.1) is 0 Å². The Balaban J connectivity index is 1.33. The maximum absolute atomic E-state index is 13.2. The molecule has 3 heterocycles. The molecule has 2 aliphatic rings. The number of hydrogen-bond acceptors (Lipinski definition) is 5. The molecule has 6 heteroatoms. The van der Waals surface area contributed by atoms with Gasteiger partial charge in [0, 0.05) is 31.2 Å². The number of benzene rings is 1. The largest absolute Gasteiger partial charge is 0.369 e. The first kappa shape index (κ1) is 22.7. The van der Waals surface area contributed by atoms with Crippen LogP contribution in [0.15, 0.2) is 24.5 Å². The highest BCUT2D eigenvalue weighted by atomic mass is 16.2. The van der Waals surface area contributed by atoms with Crippen LogP contribution in [0.4, 0.5) is 5.82 Å². The van der Waals surface area contributed by atoms with E-state index in [0.29, 0.717) is 11.7 Å². The fourth-order valence-corrected chi connectivity index (χ4v) is 5.00. The number of aryl methyl sites for hydroxylation is 2. The van der Waals surface area contributed by atoms with Gasteiger partial charge in [-0.1, -0.05) is 24.6 Å². The monoisotopic (exact) mass is 435 g/mol. The Morgan fingerprint density at radius 3 is 2.47 bits per heavy atom. The maximum atomic E-state index is 13.2. The summed E-state index contributed by atoms with van der Waals surface area (Å²) in [7, 11) is 0. The molecular formula is C26H37N5O. The topological polar surface area (TPSA) is 61.4 Å². The minimum Gasteiger partial charge on any atom is -0.369 e. The summed E-state index contributed by atoms with van der Waals surface area (Å²) in [6.07, 6.45) is 8.56. The van der Waals surface area contributed by atoms with Gasteiger partial charge in [-0.15, -0.1) is 0 Å². The van der Waals surface area contributed by atoms with E-state index in [2.05, 4.69) is 52.2 Å². The molecule has 2 aliphatic heterocycles. The highest BCUT2D eigenvalue weighted by molar-refractivity contribution is 5.94. The second kappa shape index (κ2) is 10.4. The van der Waals surface area contributed by atoms with E-state index >= 15 is 0 Å². The number of nitrogens with one attached hydrogen (secondary N) is 1. The lowest BCUT2D eigenvalue weighted by Gasteiger charge is -2.40. The number of likely N-dealkylation sites (tertiary alicyclic amines) is 2. The zero-order valence-corrected chi connectivity index (χ0v) is 19.9. The fourth-order valence-electron chi connectivity index (χ4n) is 5.00. The predicted octanol–water partition coefficient (Wildman–Crippen LogP) is 4.15. The van der Waals surface area contributed by atoms with Crippen molar-refractivity contribution in [2.24, 2.45) is 0 Å². The van der Waals surface area contributed by atoms with E-state index in [9.17, 15) is 4.79 Å². The molecule has 2 fully saturated rings. The molecular weight excluding hydrogens is 398 g/mol. The maximum Gasteiger partial charge on any atom is 0.272 e. The molecule has 0 spiro atoms. The summed E-state index contributed by atoms with van der Waals surface area (Å²) in [4.78, 5) is 26.6. The van der Waals surface area contributed by atoms with Gasteiger partial charge in [0.1, 0.15) is 17.8 Å². The molecule has 4 rings (SSSR count). The molecule has 2 saturated heterocycles. The van der Waals surface area contributed by atoms with Crippen LogP contribution in [0.25, 0.3) is 0 Å². The Kier molecular flexibility index (Phi) is 7.40. The number of carbonyl (C=O) groups is 1. The minimum atomic E-state index is 0.0409. The Bertz CT molecular complexity index is 930. The van der Waals surface area contributed by atoms with Gasteiger partial charge in [-0.2, -0.15) is 0 Å². The minimum absolute atomic E-state index is 0.0409. The van der Waals surface area contributed by atoms with Gasteiger partial charge in [-0.05, 0) is 82.7 Å². The zero-order chi connectivity index (χ0) is 22.5. The number of anilines is 1. The van der Waals surface area contributed by atoms with Crippen molar-refractivity contribution < 1.29 is 4.79 Å². The van der Waals surface area contributed by atoms with Crippen molar-refractivity contribution in [3.8, 4) is 0 Å². The standard InChI is InChI=1S/C26H37N5O/c1-19-7-8-22(17-20(19)2)9-12-27-25-21(3)24(28-18-29-25)26(32)31-15-10-23(11-16-31)30-13-5-4-6-14-30/h7-8,17-18,23H,4-6,9-16H2,1-3H3,(H,27,28,29). The van der Waals surface area contributed by atoms with Gasteiger partial charge in [-0.3, -0.25) is 4.79 Å². The van der Waals surface area contributed by atoms with Gasteiger partial charge < -0.3 is 15.1 Å². The van der Waals surface area contributed by atoms with E-state index in [0.717, 1.165) is 50.3 Å². The molecule has 32 heavy (non-hydrogen) atoms. The Morgan fingerprint density at radius 2 is 1.75 bits per heavy atom. The van der Waals surface area contributed by atoms with E-state index in [1.165, 1.54) is 55.4 Å². The second-order valence-corrected chi connectivity index (χ2v) is 9.41. The van der Waals surface area contributed by atoms with E-state index in [-0.39, 0.29) is 5.91 Å². The predicted molar refractivity (Wildman–Crippen MR) is 129 cm³/mol. The van der Waals surface area contributed by atoms with Crippen LogP contribution >= 0.6 is 0 Å². The van der Waals surface area contributed by atoms with Crippen molar-refractivity contribution >= 4 is 11.7 Å². The molecule has 1 aromatic heterocycles. The van der Waals surface area contributed by atoms with Crippen LogP contribution in [-0.2, 0) is 6.42 Å². The van der Waals surface area contributed by atoms with Gasteiger partial charge in [0.2, 0.25) is 0 Å². The fraction of sp³-hybridized carbons (Fsp3) is 0.577. The van der Waals surface area contributed by atoms with Crippen LogP contribution in [0, 0.1) is 20.8 Å². The summed E-state index contributed by atoms with van der Waals surface area (Å²) in [5.41, 5.74) is 5.31. The Labute approximate surface area is 192 Å². The molecule has 1 aromatic carbocycles. The van der Waals surface area contributed by atoms with Gasteiger partial charge >= 0.3 is 0 Å². The summed E-state index contributed by atoms with van der Waals surface area (Å²) in [5, 5.41) is 3.42. The molecule has 0 radical (unpaired) electrons. The number of carbonyl (C=O) groups excluding carboxylic acids is 1. The number of piperidine rings is 2. The Hall–Kier alpha value is -2.47. The highest BCUT2D eigenvalue weighted by Gasteiger charge is 2.29. The average molecular weight is 436 g/mol. The second-order valence-electron chi connectivity index (χ2n) is 9.41. The summed E-state index contributed by atoms with van der Waals surface area (Å²) in [6, 6.07) is 7.23. The summed E-state index contributed by atoms with van der Waals surface area (Å²) < 4.78 is 0. The molecule has 0 aliphatic carbocycles. The van der Waals surface area contributed by atoms with Gasteiger partial charge in [0.15, 0.2) is 0 Å². The molecule has 1 amide bonds. The van der Waals surface area contributed by atoms with E-state index in [4.69, 9.17) is 0 Å². The highest BCUT2D eigenvalue weighted by Crippen LogP contribution is 2.23. The van der Waals surface area contributed by atoms with Crippen molar-refractivity contribution in [2.75, 3.05) is 38.0 Å². The van der Waals surface area contributed by atoms with Crippen LogP contribution < -0.4 is 5.32 Å². The average Bonchev–Trinajstić information content (AvgIpc) is 2.83. The quantitative estimate of drug-likeness (QED) is 0.739. The van der Waals surface area contributed by atoms with Crippen molar-refractivity contribution in [1.29, 1.82) is 0 Å². The molecule has 6 nitrogen and oxygen atoms in total. The van der Waals surface area contributed by atoms with Crippen molar-refractivity contribution in [1.82, 2.24) is 19.8 Å². The summed E-state index contributed by atoms with van der Waals surface area (Å²) >= 11 is 0. The molecule has 0 bridgehead atoms. The van der Waals surface area contributed by atoms with Crippen LogP contribution in [0.3, 0.4) is 0 Å². The molecule has 0 unspecified atom stereocenters.